The highest BCUT2D eigenvalue weighted by Gasteiger charge is 2.33. The van der Waals surface area contributed by atoms with Crippen molar-refractivity contribution in [1.82, 2.24) is 26.4 Å². The summed E-state index contributed by atoms with van der Waals surface area (Å²) in [5.41, 5.74) is 8.26. The molecule has 0 radical (unpaired) electrons. The van der Waals surface area contributed by atoms with Crippen LogP contribution in [0.25, 0.3) is 11.3 Å². The Labute approximate surface area is 157 Å². The average molecular weight is 369 g/mol. The zero-order chi connectivity index (χ0) is 18.8. The summed E-state index contributed by atoms with van der Waals surface area (Å²) in [5.74, 6) is 0.474. The molecule has 2 heterocycles. The van der Waals surface area contributed by atoms with E-state index < -0.39 is 6.10 Å². The highest BCUT2D eigenvalue weighted by Crippen LogP contribution is 2.29. The van der Waals surface area contributed by atoms with Gasteiger partial charge in [0, 0.05) is 30.4 Å². The van der Waals surface area contributed by atoms with Gasteiger partial charge < -0.3 is 20.4 Å². The number of aliphatic hydroxyl groups excluding tert-OH is 1. The summed E-state index contributed by atoms with van der Waals surface area (Å²) in [5, 5.41) is 18.4. The molecule has 0 bridgehead atoms. The number of hydrogen-bond acceptors (Lipinski definition) is 7. The van der Waals surface area contributed by atoms with E-state index in [0.29, 0.717) is 11.6 Å². The first kappa shape index (κ1) is 17.6. The highest BCUT2D eigenvalue weighted by molar-refractivity contribution is 5.92. The molecule has 1 aliphatic heterocycles. The summed E-state index contributed by atoms with van der Waals surface area (Å²) < 4.78 is 5.20. The number of hydrazine groups is 2. The molecule has 1 atom stereocenters. The maximum Gasteiger partial charge on any atom is 0.290 e. The molecule has 2 aliphatic rings. The van der Waals surface area contributed by atoms with Crippen LogP contribution in [0, 0.1) is 5.92 Å². The van der Waals surface area contributed by atoms with Crippen LogP contribution in [0.15, 0.2) is 52.8 Å². The Morgan fingerprint density at radius 3 is 2.89 bits per heavy atom. The van der Waals surface area contributed by atoms with Gasteiger partial charge in [0.1, 0.15) is 5.69 Å². The van der Waals surface area contributed by atoms with Crippen LogP contribution in [0.1, 0.15) is 30.3 Å². The highest BCUT2D eigenvalue weighted by atomic mass is 16.5. The molecule has 1 aromatic heterocycles. The van der Waals surface area contributed by atoms with E-state index in [4.69, 9.17) is 4.52 Å². The summed E-state index contributed by atoms with van der Waals surface area (Å²) in [6, 6.07) is 11.4. The van der Waals surface area contributed by atoms with Crippen LogP contribution in [0.5, 0.6) is 0 Å². The normalized spacial score (nSPS) is 22.6. The minimum atomic E-state index is -0.529. The predicted molar refractivity (Wildman–Crippen MR) is 98.7 cm³/mol. The number of amides is 1. The number of rotatable bonds is 6. The van der Waals surface area contributed by atoms with Gasteiger partial charge in [-0.15, -0.1) is 5.53 Å². The van der Waals surface area contributed by atoms with Crippen LogP contribution in [-0.2, 0) is 0 Å². The number of benzene rings is 1. The molecule has 1 saturated carbocycles. The molecule has 27 heavy (non-hydrogen) atoms. The summed E-state index contributed by atoms with van der Waals surface area (Å²) in [4.78, 5) is 12.3. The fraction of sp³-hybridized carbons (Fsp3) is 0.368. The van der Waals surface area contributed by atoms with E-state index in [-0.39, 0.29) is 17.7 Å². The molecule has 142 valence electrons. The summed E-state index contributed by atoms with van der Waals surface area (Å²) in [6.45, 7) is 2.53. The van der Waals surface area contributed by atoms with Gasteiger partial charge in [-0.25, -0.2) is 0 Å². The number of aliphatic hydroxyl groups is 1. The number of carbonyl (C=O) groups excluding carboxylic acids is 1. The number of aromatic nitrogens is 1. The van der Waals surface area contributed by atoms with Gasteiger partial charge in [-0.3, -0.25) is 9.80 Å². The molecule has 0 unspecified atom stereocenters. The Morgan fingerprint density at radius 1 is 1.41 bits per heavy atom. The Morgan fingerprint density at radius 2 is 2.19 bits per heavy atom. The van der Waals surface area contributed by atoms with Crippen molar-refractivity contribution < 1.29 is 14.4 Å². The molecular weight excluding hydrogens is 346 g/mol. The Bertz CT molecular complexity index is 827. The van der Waals surface area contributed by atoms with Crippen LogP contribution in [0.3, 0.4) is 0 Å². The maximum atomic E-state index is 12.3. The second-order valence-electron chi connectivity index (χ2n) is 7.10. The molecule has 1 aliphatic carbocycles. The lowest BCUT2D eigenvalue weighted by Gasteiger charge is -2.37. The Balaban J connectivity index is 1.25. The number of hydrogen-bond donors (Lipinski definition) is 4. The fourth-order valence-corrected chi connectivity index (χ4v) is 3.34. The molecule has 0 saturated heterocycles. The molecule has 4 N–H and O–H groups in total. The van der Waals surface area contributed by atoms with E-state index in [2.05, 4.69) is 21.4 Å². The van der Waals surface area contributed by atoms with Gasteiger partial charge in [0.05, 0.1) is 11.8 Å². The molecule has 0 spiro atoms. The Kier molecular flexibility index (Phi) is 4.83. The third-order valence-electron chi connectivity index (χ3n) is 4.92. The lowest BCUT2D eigenvalue weighted by molar-refractivity contribution is 0.0823. The largest absolute Gasteiger partial charge is 0.387 e. The lowest BCUT2D eigenvalue weighted by Crippen LogP contribution is -2.49. The molecule has 8 heteroatoms. The monoisotopic (exact) mass is 369 g/mol. The van der Waals surface area contributed by atoms with E-state index in [1.54, 1.807) is 13.0 Å². The van der Waals surface area contributed by atoms with Crippen molar-refractivity contribution in [2.45, 2.75) is 31.9 Å². The van der Waals surface area contributed by atoms with Crippen molar-refractivity contribution in [3.63, 3.8) is 0 Å². The molecule has 1 aromatic carbocycles. The maximum absolute atomic E-state index is 12.3. The van der Waals surface area contributed by atoms with Gasteiger partial charge in [0.2, 0.25) is 5.76 Å². The van der Waals surface area contributed by atoms with Crippen molar-refractivity contribution in [3.8, 4) is 11.3 Å². The molecule has 2 aromatic rings. The van der Waals surface area contributed by atoms with Crippen LogP contribution in [0.2, 0.25) is 0 Å². The van der Waals surface area contributed by atoms with Gasteiger partial charge in [0.25, 0.3) is 5.91 Å². The number of nitrogens with one attached hydrogen (secondary N) is 3. The topological polar surface area (TPSA) is 103 Å². The second-order valence-corrected chi connectivity index (χ2v) is 7.10. The second kappa shape index (κ2) is 7.42. The van der Waals surface area contributed by atoms with Gasteiger partial charge in [-0.2, -0.15) is 0 Å². The quantitative estimate of drug-likeness (QED) is 0.610. The van der Waals surface area contributed by atoms with E-state index in [1.807, 2.05) is 41.5 Å². The molecule has 4 rings (SSSR count). The molecule has 1 amide bonds. The smallest absolute Gasteiger partial charge is 0.290 e. The van der Waals surface area contributed by atoms with E-state index in [1.165, 1.54) is 0 Å². The van der Waals surface area contributed by atoms with E-state index >= 15 is 0 Å². The minimum Gasteiger partial charge on any atom is -0.387 e. The van der Waals surface area contributed by atoms with E-state index in [9.17, 15) is 9.90 Å². The third kappa shape index (κ3) is 3.96. The standard InChI is InChI=1S/C19H23N5O3/c1-12(25)17-11-24(23-21-17)10-13-7-15(8-13)20-19(26)18-9-16(22-27-18)14-5-3-2-4-6-14/h2-6,9,11-13,15,21,23,25H,7-8,10H2,1H3,(H,20,26)/t12-,13?,15?/m1/s1. The van der Waals surface area contributed by atoms with Crippen molar-refractivity contribution in [2.75, 3.05) is 6.54 Å². The van der Waals surface area contributed by atoms with Crippen molar-refractivity contribution in [1.29, 1.82) is 0 Å². The number of carbonyl (C=O) groups is 1. The average Bonchev–Trinajstić information content (AvgIpc) is 3.30. The predicted octanol–water partition coefficient (Wildman–Crippen LogP) is 1.40. The molecular formula is C19H23N5O3. The SMILES string of the molecule is C[C@@H](O)C1=CN(CC2CC(NC(=O)c3cc(-c4ccccc4)no3)C2)NN1. The van der Waals surface area contributed by atoms with Crippen LogP contribution in [0.4, 0.5) is 0 Å². The zero-order valence-electron chi connectivity index (χ0n) is 15.1. The third-order valence-corrected chi connectivity index (χ3v) is 4.92. The van der Waals surface area contributed by atoms with Gasteiger partial charge >= 0.3 is 0 Å². The fourth-order valence-electron chi connectivity index (χ4n) is 3.34. The summed E-state index contributed by atoms with van der Waals surface area (Å²) >= 11 is 0. The number of nitrogens with zero attached hydrogens (tertiary/aromatic N) is 2. The molecule has 8 nitrogen and oxygen atoms in total. The van der Waals surface area contributed by atoms with Crippen LogP contribution >= 0.6 is 0 Å². The summed E-state index contributed by atoms with van der Waals surface area (Å²) in [6.07, 6.45) is 3.15. The van der Waals surface area contributed by atoms with Gasteiger partial charge in [-0.1, -0.05) is 35.5 Å². The lowest BCUT2D eigenvalue weighted by atomic mass is 9.80. The van der Waals surface area contributed by atoms with Crippen LogP contribution in [-0.4, -0.2) is 39.9 Å². The first-order valence-corrected chi connectivity index (χ1v) is 9.09. The summed E-state index contributed by atoms with van der Waals surface area (Å²) in [7, 11) is 0. The zero-order valence-corrected chi connectivity index (χ0v) is 15.1. The van der Waals surface area contributed by atoms with Gasteiger partial charge in [-0.05, 0) is 25.7 Å². The van der Waals surface area contributed by atoms with E-state index in [0.717, 1.165) is 30.6 Å². The van der Waals surface area contributed by atoms with Gasteiger partial charge in [0.15, 0.2) is 0 Å². The molecule has 1 fully saturated rings. The van der Waals surface area contributed by atoms with Crippen molar-refractivity contribution >= 4 is 5.91 Å². The van der Waals surface area contributed by atoms with Crippen LogP contribution < -0.4 is 16.3 Å². The first-order valence-electron chi connectivity index (χ1n) is 9.09. The minimum absolute atomic E-state index is 0.142. The Hall–Kier alpha value is -2.84. The van der Waals surface area contributed by atoms with Crippen molar-refractivity contribution in [2.24, 2.45) is 5.92 Å². The first-order chi connectivity index (χ1) is 13.1. The van der Waals surface area contributed by atoms with Crippen molar-refractivity contribution in [3.05, 3.63) is 54.1 Å².